The van der Waals surface area contributed by atoms with E-state index >= 15 is 0 Å². The van der Waals surface area contributed by atoms with Gasteiger partial charge in [0.25, 0.3) is 0 Å². The van der Waals surface area contributed by atoms with E-state index in [1.54, 1.807) is 11.8 Å². The second kappa shape index (κ2) is 12.1. The van der Waals surface area contributed by atoms with Crippen LogP contribution in [0.2, 0.25) is 0 Å². The number of hydrogen-bond acceptors (Lipinski definition) is 4. The number of amides is 1. The van der Waals surface area contributed by atoms with Crippen molar-refractivity contribution < 1.29 is 4.79 Å². The van der Waals surface area contributed by atoms with Gasteiger partial charge in [0.05, 0.1) is 5.69 Å². The van der Waals surface area contributed by atoms with Gasteiger partial charge in [0, 0.05) is 43.8 Å². The van der Waals surface area contributed by atoms with Crippen LogP contribution in [-0.4, -0.2) is 47.7 Å². The normalized spacial score (nSPS) is 14.6. The van der Waals surface area contributed by atoms with Crippen molar-refractivity contribution in [2.45, 2.75) is 18.6 Å². The fraction of sp³-hybridized carbons (Fsp3) is 0.571. The third kappa shape index (κ3) is 7.90. The molecular formula is C14H23Cl2N3OS. The molecule has 120 valence electrons. The van der Waals surface area contributed by atoms with Crippen LogP contribution in [-0.2, 0) is 10.5 Å². The Balaban J connectivity index is 0.00000200. The zero-order chi connectivity index (χ0) is 13.3. The zero-order valence-corrected chi connectivity index (χ0v) is 14.4. The molecular weight excluding hydrogens is 329 g/mol. The summed E-state index contributed by atoms with van der Waals surface area (Å²) in [6, 6.07) is 5.94. The topological polar surface area (TPSA) is 45.2 Å². The molecule has 0 radical (unpaired) electrons. The molecule has 1 aliphatic heterocycles. The Hall–Kier alpha value is -0.490. The van der Waals surface area contributed by atoms with Crippen LogP contribution in [0.1, 0.15) is 18.5 Å². The molecule has 21 heavy (non-hydrogen) atoms. The molecule has 2 heterocycles. The first kappa shape index (κ1) is 20.5. The number of carbonyl (C=O) groups is 1. The third-order valence-corrected chi connectivity index (χ3v) is 4.12. The van der Waals surface area contributed by atoms with Crippen molar-refractivity contribution in [1.82, 2.24) is 15.2 Å². The number of rotatable bonds is 5. The first-order chi connectivity index (χ1) is 9.36. The highest BCUT2D eigenvalue weighted by Crippen LogP contribution is 2.11. The lowest BCUT2D eigenvalue weighted by atomic mass is 10.3. The Bertz CT molecular complexity index is 387. The van der Waals surface area contributed by atoms with Crippen LogP contribution < -0.4 is 5.32 Å². The molecule has 2 rings (SSSR count). The lowest BCUT2D eigenvalue weighted by Gasteiger charge is -2.19. The maximum absolute atomic E-state index is 12.0. The average molecular weight is 352 g/mol. The van der Waals surface area contributed by atoms with Crippen molar-refractivity contribution in [2.75, 3.05) is 31.9 Å². The van der Waals surface area contributed by atoms with Gasteiger partial charge < -0.3 is 10.2 Å². The summed E-state index contributed by atoms with van der Waals surface area (Å²) in [5, 5.41) is 3.31. The standard InChI is InChI=1S/C14H21N3OS.2ClH/c18-14(17-9-3-6-15-8-10-17)5-11-19-12-13-4-1-2-7-16-13;;/h1-2,4,7,15H,3,5-6,8-12H2;2*1H. The van der Waals surface area contributed by atoms with E-state index in [1.807, 2.05) is 29.3 Å². The molecule has 7 heteroatoms. The van der Waals surface area contributed by atoms with Crippen molar-refractivity contribution in [3.63, 3.8) is 0 Å². The average Bonchev–Trinajstić information content (AvgIpc) is 2.73. The lowest BCUT2D eigenvalue weighted by Crippen LogP contribution is -2.34. The van der Waals surface area contributed by atoms with E-state index in [9.17, 15) is 4.79 Å². The molecule has 1 saturated heterocycles. The summed E-state index contributed by atoms with van der Waals surface area (Å²) in [5.41, 5.74) is 1.08. The summed E-state index contributed by atoms with van der Waals surface area (Å²) in [6.07, 6.45) is 3.51. The van der Waals surface area contributed by atoms with Gasteiger partial charge in [-0.2, -0.15) is 11.8 Å². The van der Waals surface area contributed by atoms with Crippen molar-refractivity contribution >= 4 is 42.5 Å². The Morgan fingerprint density at radius 3 is 2.90 bits per heavy atom. The smallest absolute Gasteiger partial charge is 0.223 e. The molecule has 1 fully saturated rings. The monoisotopic (exact) mass is 351 g/mol. The minimum absolute atomic E-state index is 0. The first-order valence-corrected chi connectivity index (χ1v) is 7.98. The fourth-order valence-electron chi connectivity index (χ4n) is 2.07. The number of pyridine rings is 1. The molecule has 0 saturated carbocycles. The van der Waals surface area contributed by atoms with Gasteiger partial charge in [0.1, 0.15) is 0 Å². The summed E-state index contributed by atoms with van der Waals surface area (Å²) >= 11 is 1.78. The number of nitrogens with zero attached hydrogens (tertiary/aromatic N) is 2. The minimum Gasteiger partial charge on any atom is -0.341 e. The van der Waals surface area contributed by atoms with Crippen LogP contribution in [0, 0.1) is 0 Å². The maximum Gasteiger partial charge on any atom is 0.223 e. The first-order valence-electron chi connectivity index (χ1n) is 6.82. The molecule has 1 N–H and O–H groups in total. The summed E-state index contributed by atoms with van der Waals surface area (Å²) in [7, 11) is 0. The number of carbonyl (C=O) groups excluding carboxylic acids is 1. The van der Waals surface area contributed by atoms with E-state index in [2.05, 4.69) is 10.3 Å². The van der Waals surface area contributed by atoms with Crippen LogP contribution in [0.25, 0.3) is 0 Å². The minimum atomic E-state index is 0. The largest absolute Gasteiger partial charge is 0.341 e. The summed E-state index contributed by atoms with van der Waals surface area (Å²) < 4.78 is 0. The van der Waals surface area contributed by atoms with E-state index in [1.165, 1.54) is 0 Å². The van der Waals surface area contributed by atoms with Crippen molar-refractivity contribution in [2.24, 2.45) is 0 Å². The summed E-state index contributed by atoms with van der Waals surface area (Å²) in [6.45, 7) is 3.70. The SMILES string of the molecule is Cl.Cl.O=C(CCSCc1ccccn1)N1CCCNCC1. The maximum atomic E-state index is 12.0. The third-order valence-electron chi connectivity index (χ3n) is 3.13. The zero-order valence-electron chi connectivity index (χ0n) is 12.0. The van der Waals surface area contributed by atoms with Gasteiger partial charge in [-0.1, -0.05) is 6.07 Å². The second-order valence-electron chi connectivity index (χ2n) is 4.61. The van der Waals surface area contributed by atoms with E-state index in [4.69, 9.17) is 0 Å². The quantitative estimate of drug-likeness (QED) is 0.827. The van der Waals surface area contributed by atoms with E-state index in [0.29, 0.717) is 6.42 Å². The molecule has 0 atom stereocenters. The van der Waals surface area contributed by atoms with Gasteiger partial charge in [-0.25, -0.2) is 0 Å². The molecule has 0 unspecified atom stereocenters. The molecule has 0 spiro atoms. The van der Waals surface area contributed by atoms with E-state index in [0.717, 1.165) is 49.8 Å². The van der Waals surface area contributed by atoms with Crippen LogP contribution in [0.4, 0.5) is 0 Å². The van der Waals surface area contributed by atoms with E-state index in [-0.39, 0.29) is 30.7 Å². The molecule has 0 aromatic carbocycles. The molecule has 0 bridgehead atoms. The van der Waals surface area contributed by atoms with Crippen LogP contribution in [0.5, 0.6) is 0 Å². The second-order valence-corrected chi connectivity index (χ2v) is 5.71. The highest BCUT2D eigenvalue weighted by atomic mass is 35.5. The van der Waals surface area contributed by atoms with Crippen molar-refractivity contribution in [3.05, 3.63) is 30.1 Å². The predicted octanol–water partition coefficient (Wildman–Crippen LogP) is 2.37. The molecule has 0 aliphatic carbocycles. The Morgan fingerprint density at radius 1 is 1.29 bits per heavy atom. The van der Waals surface area contributed by atoms with Crippen molar-refractivity contribution in [3.8, 4) is 0 Å². The Morgan fingerprint density at radius 2 is 2.14 bits per heavy atom. The fourth-order valence-corrected chi connectivity index (χ4v) is 2.92. The molecule has 1 aromatic heterocycles. The summed E-state index contributed by atoms with van der Waals surface area (Å²) in [4.78, 5) is 18.3. The molecule has 4 nitrogen and oxygen atoms in total. The Labute approximate surface area is 143 Å². The summed E-state index contributed by atoms with van der Waals surface area (Å²) in [5.74, 6) is 2.05. The van der Waals surface area contributed by atoms with Gasteiger partial charge in [0.2, 0.25) is 5.91 Å². The van der Waals surface area contributed by atoms with Crippen LogP contribution >= 0.6 is 36.6 Å². The predicted molar refractivity (Wildman–Crippen MR) is 93.6 cm³/mol. The molecule has 1 aromatic rings. The van der Waals surface area contributed by atoms with Gasteiger partial charge in [-0.05, 0) is 25.1 Å². The number of hydrogen-bond donors (Lipinski definition) is 1. The molecule has 1 amide bonds. The van der Waals surface area contributed by atoms with Gasteiger partial charge in [-0.15, -0.1) is 24.8 Å². The lowest BCUT2D eigenvalue weighted by molar-refractivity contribution is -0.130. The highest BCUT2D eigenvalue weighted by Gasteiger charge is 2.14. The van der Waals surface area contributed by atoms with Gasteiger partial charge in [0.15, 0.2) is 0 Å². The number of aromatic nitrogens is 1. The molecule has 1 aliphatic rings. The Kier molecular flexibility index (Phi) is 11.8. The highest BCUT2D eigenvalue weighted by molar-refractivity contribution is 7.98. The van der Waals surface area contributed by atoms with Crippen molar-refractivity contribution in [1.29, 1.82) is 0 Å². The number of thioether (sulfide) groups is 1. The number of nitrogens with one attached hydrogen (secondary N) is 1. The van der Waals surface area contributed by atoms with Crippen LogP contribution in [0.15, 0.2) is 24.4 Å². The van der Waals surface area contributed by atoms with Crippen LogP contribution in [0.3, 0.4) is 0 Å². The van der Waals surface area contributed by atoms with E-state index < -0.39 is 0 Å². The van der Waals surface area contributed by atoms with Gasteiger partial charge in [-0.3, -0.25) is 9.78 Å². The number of halogens is 2. The van der Waals surface area contributed by atoms with Gasteiger partial charge >= 0.3 is 0 Å².